The number of ether oxygens (including phenoxy) is 1. The maximum atomic E-state index is 12.8. The Morgan fingerprint density at radius 2 is 1.94 bits per heavy atom. The normalized spacial score (nSPS) is 11.4. The molecule has 166 valence electrons. The van der Waals surface area contributed by atoms with E-state index in [1.54, 1.807) is 47.1 Å². The van der Waals surface area contributed by atoms with E-state index in [9.17, 15) is 4.79 Å². The number of aryl methyl sites for hydroxylation is 2. The zero-order chi connectivity index (χ0) is 24.5. The van der Waals surface area contributed by atoms with Crippen molar-refractivity contribution in [1.29, 1.82) is 0 Å². The van der Waals surface area contributed by atoms with Crippen LogP contribution in [0.25, 0.3) is 10.9 Å². The summed E-state index contributed by atoms with van der Waals surface area (Å²) in [5.74, 6) is 1.20. The summed E-state index contributed by atoms with van der Waals surface area (Å²) in [6, 6.07) is 3.41. The minimum atomic E-state index is -1.91. The first-order valence-electron chi connectivity index (χ1n) is 10.3. The standard InChI is InChI=1S/C20H20B3N9O2/c1-4-32-16-11(9-26-32)8-25-18(17(16)34-3)27-13-7-15(28-14-5-6-31(2)30-14)24-10-12(13)19(33)29-20(21,22)23/h5-10H,4H2,1-3H3,(H,29,33)(H2,24,25,27,28,30). The van der Waals surface area contributed by atoms with Crippen molar-refractivity contribution in [3.63, 3.8) is 0 Å². The van der Waals surface area contributed by atoms with Crippen LogP contribution in [0.1, 0.15) is 17.3 Å². The fraction of sp³-hybridized carbons (Fsp3) is 0.250. The Morgan fingerprint density at radius 3 is 2.59 bits per heavy atom. The van der Waals surface area contributed by atoms with E-state index in [4.69, 9.17) is 28.3 Å². The van der Waals surface area contributed by atoms with Crippen molar-refractivity contribution in [2.24, 2.45) is 7.05 Å². The van der Waals surface area contributed by atoms with Crippen LogP contribution in [0.4, 0.5) is 23.1 Å². The predicted octanol–water partition coefficient (Wildman–Crippen LogP) is 0.922. The van der Waals surface area contributed by atoms with E-state index >= 15 is 0 Å². The van der Waals surface area contributed by atoms with Crippen LogP contribution in [0.15, 0.2) is 36.9 Å². The summed E-state index contributed by atoms with van der Waals surface area (Å²) < 4.78 is 9.09. The van der Waals surface area contributed by atoms with Gasteiger partial charge < -0.3 is 20.7 Å². The maximum absolute atomic E-state index is 12.8. The summed E-state index contributed by atoms with van der Waals surface area (Å²) in [7, 11) is 20.0. The van der Waals surface area contributed by atoms with Gasteiger partial charge in [-0.05, 0) is 6.92 Å². The second-order valence-electron chi connectivity index (χ2n) is 7.53. The number of nitrogens with zero attached hydrogens (tertiary/aromatic N) is 6. The number of anilines is 4. The molecule has 4 aromatic rings. The lowest BCUT2D eigenvalue weighted by Gasteiger charge is -2.23. The molecule has 0 aliphatic heterocycles. The number of amides is 1. The number of methoxy groups -OCH3 is 1. The number of nitrogens with one attached hydrogen (secondary N) is 3. The van der Waals surface area contributed by atoms with E-state index in [1.807, 2.05) is 6.92 Å². The lowest BCUT2D eigenvalue weighted by Crippen LogP contribution is -2.50. The summed E-state index contributed by atoms with van der Waals surface area (Å²) in [6.45, 7) is 2.61. The van der Waals surface area contributed by atoms with Gasteiger partial charge in [-0.25, -0.2) is 9.97 Å². The van der Waals surface area contributed by atoms with Crippen LogP contribution in [-0.2, 0) is 13.6 Å². The molecule has 14 heteroatoms. The predicted molar refractivity (Wildman–Crippen MR) is 131 cm³/mol. The Balaban J connectivity index is 1.77. The van der Waals surface area contributed by atoms with Gasteiger partial charge in [-0.1, -0.05) is 5.24 Å². The summed E-state index contributed by atoms with van der Waals surface area (Å²) in [5, 5.41) is 16.1. The van der Waals surface area contributed by atoms with Crippen LogP contribution in [0, 0.1) is 0 Å². The van der Waals surface area contributed by atoms with E-state index in [0.29, 0.717) is 35.4 Å². The van der Waals surface area contributed by atoms with Crippen molar-refractivity contribution in [2.75, 3.05) is 17.7 Å². The van der Waals surface area contributed by atoms with Crippen LogP contribution in [-0.4, -0.2) is 71.3 Å². The molecule has 3 N–H and O–H groups in total. The molecule has 0 saturated heterocycles. The molecule has 34 heavy (non-hydrogen) atoms. The summed E-state index contributed by atoms with van der Waals surface area (Å²) in [5.41, 5.74) is 1.24. The number of pyridine rings is 2. The Bertz CT molecular complexity index is 1350. The SMILES string of the molecule is [B]C([B])([B])NC(=O)c1cnc(Nc2ccn(C)n2)cc1Nc1ncc2cnn(CC)c2c1OC. The van der Waals surface area contributed by atoms with Gasteiger partial charge in [0, 0.05) is 49.7 Å². The fourth-order valence-electron chi connectivity index (χ4n) is 3.38. The largest absolute Gasteiger partial charge is 0.491 e. The number of hydrogen-bond donors (Lipinski definition) is 3. The molecule has 11 nitrogen and oxygen atoms in total. The smallest absolute Gasteiger partial charge is 0.253 e. The van der Waals surface area contributed by atoms with E-state index in [2.05, 4.69) is 36.1 Å². The lowest BCUT2D eigenvalue weighted by atomic mass is 9.49. The molecule has 0 bridgehead atoms. The molecule has 0 saturated carbocycles. The van der Waals surface area contributed by atoms with Crippen molar-refractivity contribution >= 4 is 63.5 Å². The third-order valence-electron chi connectivity index (χ3n) is 4.84. The lowest BCUT2D eigenvalue weighted by molar-refractivity contribution is 0.0953. The molecule has 4 heterocycles. The molecule has 4 aromatic heterocycles. The molecular formula is C20H20B3N9O2. The number of carbonyl (C=O) groups is 1. The van der Waals surface area contributed by atoms with Gasteiger partial charge in [0.05, 0.1) is 48.1 Å². The van der Waals surface area contributed by atoms with Gasteiger partial charge in [-0.2, -0.15) is 10.2 Å². The van der Waals surface area contributed by atoms with Gasteiger partial charge in [0.15, 0.2) is 17.4 Å². The van der Waals surface area contributed by atoms with Crippen LogP contribution in [0.5, 0.6) is 5.75 Å². The van der Waals surface area contributed by atoms with E-state index in [0.717, 1.165) is 10.9 Å². The quantitative estimate of drug-likeness (QED) is 0.339. The Kier molecular flexibility index (Phi) is 6.23. The maximum Gasteiger partial charge on any atom is 0.253 e. The Morgan fingerprint density at radius 1 is 1.15 bits per heavy atom. The first-order chi connectivity index (χ1) is 16.2. The number of fused-ring (bicyclic) bond motifs is 1. The van der Waals surface area contributed by atoms with Crippen LogP contribution < -0.4 is 20.7 Å². The molecule has 0 unspecified atom stereocenters. The highest BCUT2D eigenvalue weighted by Gasteiger charge is 2.21. The second-order valence-corrected chi connectivity index (χ2v) is 7.53. The second kappa shape index (κ2) is 9.12. The highest BCUT2D eigenvalue weighted by Crippen LogP contribution is 2.34. The van der Waals surface area contributed by atoms with Crippen molar-refractivity contribution in [3.05, 3.63) is 42.5 Å². The van der Waals surface area contributed by atoms with Crippen molar-refractivity contribution in [3.8, 4) is 5.75 Å². The molecule has 0 atom stereocenters. The monoisotopic (exact) mass is 451 g/mol. The van der Waals surface area contributed by atoms with E-state index in [1.165, 1.54) is 13.3 Å². The minimum absolute atomic E-state index is 0.130. The zero-order valence-electron chi connectivity index (χ0n) is 18.9. The first kappa shape index (κ1) is 23.2. The summed E-state index contributed by atoms with van der Waals surface area (Å²) >= 11 is 0. The summed E-state index contributed by atoms with van der Waals surface area (Å²) in [6.07, 6.45) is 6.52. The van der Waals surface area contributed by atoms with Crippen molar-refractivity contribution in [1.82, 2.24) is 34.8 Å². The number of aromatic nitrogens is 6. The fourth-order valence-corrected chi connectivity index (χ4v) is 3.38. The van der Waals surface area contributed by atoms with Gasteiger partial charge in [0.2, 0.25) is 0 Å². The molecule has 0 spiro atoms. The molecule has 0 aliphatic carbocycles. The Hall–Kier alpha value is -3.96. The van der Waals surface area contributed by atoms with Gasteiger partial charge in [-0.15, -0.1) is 0 Å². The minimum Gasteiger partial charge on any atom is -0.491 e. The molecular weight excluding hydrogens is 431 g/mol. The van der Waals surface area contributed by atoms with Gasteiger partial charge in [0.1, 0.15) is 11.3 Å². The molecule has 0 aliphatic rings. The number of hydrogen-bond acceptors (Lipinski definition) is 8. The van der Waals surface area contributed by atoms with Crippen molar-refractivity contribution < 1.29 is 9.53 Å². The third kappa shape index (κ3) is 4.85. The van der Waals surface area contributed by atoms with Crippen LogP contribution in [0.3, 0.4) is 0 Å². The average Bonchev–Trinajstić information content (AvgIpc) is 3.38. The van der Waals surface area contributed by atoms with Crippen LogP contribution >= 0.6 is 0 Å². The van der Waals surface area contributed by atoms with Crippen molar-refractivity contribution in [2.45, 2.75) is 18.7 Å². The zero-order valence-corrected chi connectivity index (χ0v) is 18.9. The average molecular weight is 451 g/mol. The highest BCUT2D eigenvalue weighted by atomic mass is 16.5. The van der Waals surface area contributed by atoms with E-state index < -0.39 is 11.1 Å². The molecule has 4 rings (SSSR count). The highest BCUT2D eigenvalue weighted by molar-refractivity contribution is 6.60. The molecule has 6 radical (unpaired) electrons. The topological polar surface area (TPSA) is 124 Å². The first-order valence-corrected chi connectivity index (χ1v) is 10.3. The van der Waals surface area contributed by atoms with Gasteiger partial charge in [0.25, 0.3) is 5.91 Å². The third-order valence-corrected chi connectivity index (χ3v) is 4.84. The number of rotatable bonds is 8. The van der Waals surface area contributed by atoms with Crippen LogP contribution in [0.2, 0.25) is 0 Å². The molecule has 0 aromatic carbocycles. The molecule has 0 fully saturated rings. The Labute approximate surface area is 199 Å². The van der Waals surface area contributed by atoms with Gasteiger partial charge >= 0.3 is 0 Å². The summed E-state index contributed by atoms with van der Waals surface area (Å²) in [4.78, 5) is 21.6. The number of carbonyl (C=O) groups excluding carboxylic acids is 1. The molecule has 1 amide bonds. The van der Waals surface area contributed by atoms with Gasteiger partial charge in [-0.3, -0.25) is 14.2 Å². The van der Waals surface area contributed by atoms with E-state index in [-0.39, 0.29) is 5.56 Å².